The van der Waals surface area contributed by atoms with Crippen molar-refractivity contribution in [3.8, 4) is 0 Å². The van der Waals surface area contributed by atoms with Crippen LogP contribution in [0.5, 0.6) is 0 Å². The average Bonchev–Trinajstić information content (AvgIpc) is 1.83. The maximum absolute atomic E-state index is 11.0. The van der Waals surface area contributed by atoms with E-state index >= 15 is 0 Å². The second kappa shape index (κ2) is 3.72. The van der Waals surface area contributed by atoms with Crippen LogP contribution in [0, 0.1) is 0 Å². The molecular weight excluding hydrogens is 140 g/mol. The largest absolute Gasteiger partial charge is 0.354 e. The van der Waals surface area contributed by atoms with E-state index in [0.29, 0.717) is 18.5 Å². The highest BCUT2D eigenvalue weighted by atomic mass is 16.1. The molecule has 0 bridgehead atoms. The molecular formula is C8H16N2O. The number of amides is 1. The van der Waals surface area contributed by atoms with Crippen molar-refractivity contribution >= 4 is 5.91 Å². The quantitative estimate of drug-likeness (QED) is 0.528. The van der Waals surface area contributed by atoms with Crippen molar-refractivity contribution in [1.29, 1.82) is 0 Å². The average molecular weight is 156 g/mol. The van der Waals surface area contributed by atoms with Crippen molar-refractivity contribution in [3.05, 3.63) is 0 Å². The molecule has 3 heteroatoms. The van der Waals surface area contributed by atoms with Gasteiger partial charge in [0.05, 0.1) is 0 Å². The van der Waals surface area contributed by atoms with Gasteiger partial charge in [-0.15, -0.1) is 0 Å². The summed E-state index contributed by atoms with van der Waals surface area (Å²) in [6.07, 6.45) is 1.63. The Morgan fingerprint density at radius 2 is 2.09 bits per heavy atom. The zero-order valence-corrected chi connectivity index (χ0v) is 7.18. The van der Waals surface area contributed by atoms with Gasteiger partial charge >= 0.3 is 0 Å². The first-order chi connectivity index (χ1) is 5.18. The van der Waals surface area contributed by atoms with E-state index in [2.05, 4.69) is 17.6 Å². The summed E-state index contributed by atoms with van der Waals surface area (Å²) in [6, 6.07) is 0.830. The molecule has 3 nitrogen and oxygen atoms in total. The topological polar surface area (TPSA) is 41.1 Å². The molecule has 0 aromatic rings. The highest BCUT2D eigenvalue weighted by molar-refractivity contribution is 5.76. The van der Waals surface area contributed by atoms with Gasteiger partial charge in [-0.2, -0.15) is 0 Å². The minimum atomic E-state index is 0.164. The van der Waals surface area contributed by atoms with Gasteiger partial charge in [-0.1, -0.05) is 0 Å². The number of hydrogen-bond donors (Lipinski definition) is 2. The predicted molar refractivity (Wildman–Crippen MR) is 44.3 cm³/mol. The first-order valence-electron chi connectivity index (χ1n) is 4.21. The molecule has 1 rings (SSSR count). The van der Waals surface area contributed by atoms with E-state index in [4.69, 9.17) is 0 Å². The summed E-state index contributed by atoms with van der Waals surface area (Å²) in [4.78, 5) is 11.0. The summed E-state index contributed by atoms with van der Waals surface area (Å²) in [5, 5.41) is 6.22. The van der Waals surface area contributed by atoms with Crippen LogP contribution in [0.4, 0.5) is 0 Å². The molecule has 2 atom stereocenters. The number of carbonyl (C=O) groups is 1. The van der Waals surface area contributed by atoms with Crippen molar-refractivity contribution in [1.82, 2.24) is 10.6 Å². The molecule has 1 heterocycles. The minimum Gasteiger partial charge on any atom is -0.354 e. The van der Waals surface area contributed by atoms with Gasteiger partial charge in [-0.05, 0) is 20.3 Å². The molecule has 0 aromatic carbocycles. The molecule has 0 aliphatic carbocycles. The van der Waals surface area contributed by atoms with Crippen LogP contribution >= 0.6 is 0 Å². The molecule has 64 valence electrons. The molecule has 1 aliphatic heterocycles. The van der Waals surface area contributed by atoms with Crippen molar-refractivity contribution in [2.45, 2.75) is 38.8 Å². The van der Waals surface area contributed by atoms with Crippen LogP contribution in [0.1, 0.15) is 26.7 Å². The third-order valence-corrected chi connectivity index (χ3v) is 1.96. The fourth-order valence-electron chi connectivity index (χ4n) is 1.45. The molecule has 1 aliphatic rings. The van der Waals surface area contributed by atoms with Crippen LogP contribution in [-0.4, -0.2) is 24.5 Å². The number of hydrogen-bond acceptors (Lipinski definition) is 2. The van der Waals surface area contributed by atoms with E-state index in [-0.39, 0.29) is 5.91 Å². The number of rotatable bonds is 0. The maximum atomic E-state index is 11.0. The lowest BCUT2D eigenvalue weighted by atomic mass is 10.1. The first-order valence-corrected chi connectivity index (χ1v) is 4.21. The SMILES string of the molecule is CC1CC(C)NC(=O)CCN1. The van der Waals surface area contributed by atoms with Crippen molar-refractivity contribution < 1.29 is 4.79 Å². The van der Waals surface area contributed by atoms with Gasteiger partial charge in [-0.3, -0.25) is 4.79 Å². The smallest absolute Gasteiger partial charge is 0.221 e. The lowest BCUT2D eigenvalue weighted by Gasteiger charge is -2.22. The van der Waals surface area contributed by atoms with Gasteiger partial charge in [0.25, 0.3) is 0 Å². The second-order valence-electron chi connectivity index (χ2n) is 3.31. The Morgan fingerprint density at radius 1 is 1.36 bits per heavy atom. The third-order valence-electron chi connectivity index (χ3n) is 1.96. The minimum absolute atomic E-state index is 0.164. The molecule has 1 fully saturated rings. The second-order valence-corrected chi connectivity index (χ2v) is 3.31. The van der Waals surface area contributed by atoms with Crippen LogP contribution < -0.4 is 10.6 Å². The van der Waals surface area contributed by atoms with E-state index in [1.807, 2.05) is 6.92 Å². The van der Waals surface area contributed by atoms with E-state index in [0.717, 1.165) is 13.0 Å². The van der Waals surface area contributed by atoms with Crippen LogP contribution in [0.15, 0.2) is 0 Å². The zero-order valence-electron chi connectivity index (χ0n) is 7.18. The fraction of sp³-hybridized carbons (Fsp3) is 0.875. The molecule has 1 saturated heterocycles. The van der Waals surface area contributed by atoms with Gasteiger partial charge in [0.2, 0.25) is 5.91 Å². The zero-order chi connectivity index (χ0) is 8.27. The Morgan fingerprint density at radius 3 is 2.82 bits per heavy atom. The summed E-state index contributed by atoms with van der Waals surface area (Å²) in [7, 11) is 0. The Bertz CT molecular complexity index is 147. The summed E-state index contributed by atoms with van der Waals surface area (Å²) >= 11 is 0. The number of nitrogens with one attached hydrogen (secondary N) is 2. The maximum Gasteiger partial charge on any atom is 0.221 e. The molecule has 0 aromatic heterocycles. The normalized spacial score (nSPS) is 33.8. The highest BCUT2D eigenvalue weighted by Crippen LogP contribution is 2.00. The van der Waals surface area contributed by atoms with E-state index < -0.39 is 0 Å². The van der Waals surface area contributed by atoms with Gasteiger partial charge < -0.3 is 10.6 Å². The first kappa shape index (κ1) is 8.53. The lowest BCUT2D eigenvalue weighted by Crippen LogP contribution is -2.43. The van der Waals surface area contributed by atoms with Crippen LogP contribution in [-0.2, 0) is 4.79 Å². The molecule has 0 saturated carbocycles. The summed E-state index contributed by atoms with van der Waals surface area (Å²) in [5.74, 6) is 0.164. The highest BCUT2D eigenvalue weighted by Gasteiger charge is 2.14. The third kappa shape index (κ3) is 2.89. The summed E-state index contributed by atoms with van der Waals surface area (Å²) in [5.41, 5.74) is 0. The van der Waals surface area contributed by atoms with E-state index in [1.54, 1.807) is 0 Å². The van der Waals surface area contributed by atoms with Crippen molar-refractivity contribution in [2.75, 3.05) is 6.54 Å². The Balaban J connectivity index is 2.40. The van der Waals surface area contributed by atoms with E-state index in [9.17, 15) is 4.79 Å². The molecule has 2 N–H and O–H groups in total. The van der Waals surface area contributed by atoms with Gasteiger partial charge in [0.15, 0.2) is 0 Å². The molecule has 1 amide bonds. The van der Waals surface area contributed by atoms with Crippen molar-refractivity contribution in [3.63, 3.8) is 0 Å². The molecule has 11 heavy (non-hydrogen) atoms. The van der Waals surface area contributed by atoms with Crippen LogP contribution in [0.3, 0.4) is 0 Å². The standard InChI is InChI=1S/C8H16N2O/c1-6-5-7(2)10-8(11)3-4-9-6/h6-7,9H,3-5H2,1-2H3,(H,10,11). The fourth-order valence-corrected chi connectivity index (χ4v) is 1.45. The Hall–Kier alpha value is -0.570. The van der Waals surface area contributed by atoms with Crippen LogP contribution in [0.2, 0.25) is 0 Å². The summed E-state index contributed by atoms with van der Waals surface area (Å²) < 4.78 is 0. The molecule has 0 radical (unpaired) electrons. The monoisotopic (exact) mass is 156 g/mol. The lowest BCUT2D eigenvalue weighted by molar-refractivity contribution is -0.122. The van der Waals surface area contributed by atoms with Crippen molar-refractivity contribution in [2.24, 2.45) is 0 Å². The van der Waals surface area contributed by atoms with Gasteiger partial charge in [0.1, 0.15) is 0 Å². The Kier molecular flexibility index (Phi) is 2.88. The predicted octanol–water partition coefficient (Wildman–Crippen LogP) is 0.263. The Labute approximate surface area is 67.5 Å². The number of carbonyl (C=O) groups excluding carboxylic acids is 1. The van der Waals surface area contributed by atoms with E-state index in [1.165, 1.54) is 0 Å². The molecule has 0 spiro atoms. The summed E-state index contributed by atoms with van der Waals surface area (Å²) in [6.45, 7) is 5.00. The van der Waals surface area contributed by atoms with Gasteiger partial charge in [-0.25, -0.2) is 0 Å². The van der Waals surface area contributed by atoms with Gasteiger partial charge in [0, 0.05) is 25.0 Å². The van der Waals surface area contributed by atoms with Crippen LogP contribution in [0.25, 0.3) is 0 Å². The molecule has 2 unspecified atom stereocenters.